The van der Waals surface area contributed by atoms with Crippen LogP contribution < -0.4 is 10.6 Å². The second-order valence-corrected chi connectivity index (χ2v) is 8.75. The number of rotatable bonds is 20. The first-order valence-corrected chi connectivity index (χ1v) is 12.6. The van der Waals surface area contributed by atoms with Crippen molar-refractivity contribution in [3.63, 3.8) is 0 Å². The highest BCUT2D eigenvalue weighted by Crippen LogP contribution is 2.12. The molecule has 0 fully saturated rings. The summed E-state index contributed by atoms with van der Waals surface area (Å²) in [5.41, 5.74) is 1.66. The summed E-state index contributed by atoms with van der Waals surface area (Å²) >= 11 is 0. The summed E-state index contributed by atoms with van der Waals surface area (Å²) in [5.74, 6) is -0.262. The second-order valence-electron chi connectivity index (χ2n) is 8.75. The number of carbonyl (C=O) groups excluding carboxylic acids is 4. The number of carbonyl (C=O) groups is 4. The molecular weight excluding hydrogens is 432 g/mol. The van der Waals surface area contributed by atoms with Gasteiger partial charge in [-0.3, -0.25) is 19.2 Å². The van der Waals surface area contributed by atoms with E-state index in [1.165, 1.54) is 39.0 Å². The van der Waals surface area contributed by atoms with Crippen molar-refractivity contribution in [1.29, 1.82) is 0 Å². The number of ether oxygens (including phenoxy) is 1. The van der Waals surface area contributed by atoms with Gasteiger partial charge in [-0.1, -0.05) is 57.6 Å². The number of amides is 2. The highest BCUT2D eigenvalue weighted by Gasteiger charge is 2.07. The van der Waals surface area contributed by atoms with Crippen LogP contribution in [0.2, 0.25) is 0 Å². The number of aryl methyl sites for hydroxylation is 1. The number of benzene rings is 1. The molecule has 0 spiro atoms. The van der Waals surface area contributed by atoms with Crippen molar-refractivity contribution in [1.82, 2.24) is 5.32 Å². The van der Waals surface area contributed by atoms with E-state index in [-0.39, 0.29) is 42.8 Å². The summed E-state index contributed by atoms with van der Waals surface area (Å²) in [4.78, 5) is 46.4. The molecule has 0 aliphatic carbocycles. The number of hydrogen-bond donors (Lipinski definition) is 2. The Balaban J connectivity index is 2.05. The van der Waals surface area contributed by atoms with Gasteiger partial charge in [-0.25, -0.2) is 0 Å². The molecule has 1 aromatic rings. The highest BCUT2D eigenvalue weighted by atomic mass is 16.5. The predicted molar refractivity (Wildman–Crippen MR) is 135 cm³/mol. The van der Waals surface area contributed by atoms with Crippen LogP contribution in [0.15, 0.2) is 24.3 Å². The summed E-state index contributed by atoms with van der Waals surface area (Å²) < 4.78 is 5.44. The van der Waals surface area contributed by atoms with Crippen LogP contribution in [0.25, 0.3) is 0 Å². The summed E-state index contributed by atoms with van der Waals surface area (Å²) in [7, 11) is 0. The number of anilines is 1. The van der Waals surface area contributed by atoms with E-state index in [4.69, 9.17) is 4.74 Å². The second kappa shape index (κ2) is 18.8. The van der Waals surface area contributed by atoms with Crippen molar-refractivity contribution < 1.29 is 23.9 Å². The molecule has 0 aliphatic rings. The molecule has 0 aliphatic heterocycles. The molecule has 0 bridgehead atoms. The van der Waals surface area contributed by atoms with Crippen molar-refractivity contribution in [2.24, 2.45) is 0 Å². The SMILES string of the molecule is CCCCCCCCCC(=O)NCCOCCC(=O)Nc1ccc(CCC(=O)CC(C)=O)cc1. The van der Waals surface area contributed by atoms with Crippen molar-refractivity contribution >= 4 is 29.1 Å². The van der Waals surface area contributed by atoms with Gasteiger partial charge in [0.1, 0.15) is 11.6 Å². The first-order valence-electron chi connectivity index (χ1n) is 12.6. The largest absolute Gasteiger partial charge is 0.379 e. The Hall–Kier alpha value is -2.54. The Bertz CT molecular complexity index is 746. The maximum absolute atomic E-state index is 12.0. The van der Waals surface area contributed by atoms with Crippen molar-refractivity contribution in [2.45, 2.75) is 90.9 Å². The lowest BCUT2D eigenvalue weighted by molar-refractivity contribution is -0.126. The van der Waals surface area contributed by atoms with E-state index in [1.807, 2.05) is 12.1 Å². The fourth-order valence-electron chi connectivity index (χ4n) is 3.49. The van der Waals surface area contributed by atoms with E-state index in [9.17, 15) is 19.2 Å². The maximum atomic E-state index is 12.0. The van der Waals surface area contributed by atoms with Crippen LogP contribution in [0.3, 0.4) is 0 Å². The molecule has 2 N–H and O–H groups in total. The molecule has 0 radical (unpaired) electrons. The average molecular weight is 475 g/mol. The van der Waals surface area contributed by atoms with Crippen LogP contribution in [-0.2, 0) is 30.3 Å². The molecule has 0 saturated heterocycles. The van der Waals surface area contributed by atoms with Gasteiger partial charge in [0.25, 0.3) is 0 Å². The predicted octanol–water partition coefficient (Wildman–Crippen LogP) is 4.77. The number of unbranched alkanes of at least 4 members (excludes halogenated alkanes) is 6. The van der Waals surface area contributed by atoms with E-state index < -0.39 is 0 Å². The highest BCUT2D eigenvalue weighted by molar-refractivity contribution is 5.98. The Morgan fingerprint density at radius 1 is 0.794 bits per heavy atom. The van der Waals surface area contributed by atoms with Gasteiger partial charge in [-0.15, -0.1) is 0 Å². The van der Waals surface area contributed by atoms with Gasteiger partial charge in [0.05, 0.1) is 26.1 Å². The van der Waals surface area contributed by atoms with E-state index in [1.54, 1.807) is 12.1 Å². The molecule has 0 aromatic heterocycles. The summed E-state index contributed by atoms with van der Waals surface area (Å²) in [6.45, 7) is 4.74. The lowest BCUT2D eigenvalue weighted by Gasteiger charge is -2.08. The third-order valence-electron chi connectivity index (χ3n) is 5.43. The van der Waals surface area contributed by atoms with E-state index in [2.05, 4.69) is 17.6 Å². The van der Waals surface area contributed by atoms with Gasteiger partial charge >= 0.3 is 0 Å². The summed E-state index contributed by atoms with van der Waals surface area (Å²) in [5, 5.41) is 5.66. The Morgan fingerprint density at radius 2 is 1.47 bits per heavy atom. The molecule has 7 heteroatoms. The van der Waals surface area contributed by atoms with Crippen molar-refractivity contribution in [3.05, 3.63) is 29.8 Å². The molecule has 190 valence electrons. The molecule has 34 heavy (non-hydrogen) atoms. The average Bonchev–Trinajstić information content (AvgIpc) is 2.80. The number of ketones is 2. The first kappa shape index (κ1) is 29.5. The lowest BCUT2D eigenvalue weighted by atomic mass is 10.0. The molecule has 0 saturated carbocycles. The van der Waals surface area contributed by atoms with Gasteiger partial charge in [0.2, 0.25) is 11.8 Å². The zero-order valence-corrected chi connectivity index (χ0v) is 21.0. The Morgan fingerprint density at radius 3 is 2.15 bits per heavy atom. The fourth-order valence-corrected chi connectivity index (χ4v) is 3.49. The van der Waals surface area contributed by atoms with Crippen LogP contribution in [0.1, 0.15) is 90.0 Å². The van der Waals surface area contributed by atoms with Crippen molar-refractivity contribution in [2.75, 3.05) is 25.1 Å². The fraction of sp³-hybridized carbons (Fsp3) is 0.630. The molecule has 0 unspecified atom stereocenters. The van der Waals surface area contributed by atoms with Crippen molar-refractivity contribution in [3.8, 4) is 0 Å². The quantitative estimate of drug-likeness (QED) is 0.209. The standard InChI is InChI=1S/C27H42N2O5/c1-3-4-5-6-7-8-9-10-26(32)28-18-20-34-19-17-27(33)29-24-14-11-23(12-15-24)13-16-25(31)21-22(2)30/h11-12,14-15H,3-10,13,16-21H2,1-2H3,(H,28,32)(H,29,33). The minimum atomic E-state index is -0.146. The zero-order valence-electron chi connectivity index (χ0n) is 21.0. The summed E-state index contributed by atoms with van der Waals surface area (Å²) in [6, 6.07) is 7.32. The van der Waals surface area contributed by atoms with Crippen LogP contribution in [0, 0.1) is 0 Å². The van der Waals surface area contributed by atoms with Crippen LogP contribution in [0.4, 0.5) is 5.69 Å². The number of hydrogen-bond acceptors (Lipinski definition) is 5. The van der Waals surface area contributed by atoms with E-state index in [0.29, 0.717) is 38.1 Å². The van der Waals surface area contributed by atoms with Gasteiger partial charge in [-0.2, -0.15) is 0 Å². The molecule has 7 nitrogen and oxygen atoms in total. The molecular formula is C27H42N2O5. The van der Waals surface area contributed by atoms with Crippen LogP contribution in [0.5, 0.6) is 0 Å². The molecule has 0 atom stereocenters. The third kappa shape index (κ3) is 16.1. The smallest absolute Gasteiger partial charge is 0.226 e. The van der Waals surface area contributed by atoms with E-state index >= 15 is 0 Å². The lowest BCUT2D eigenvalue weighted by Crippen LogP contribution is -2.27. The Kier molecular flexibility index (Phi) is 16.3. The van der Waals surface area contributed by atoms with Gasteiger partial charge in [0.15, 0.2) is 0 Å². The minimum absolute atomic E-state index is 0.0121. The Labute approximate surface area is 204 Å². The van der Waals surface area contributed by atoms with Gasteiger partial charge in [0, 0.05) is 25.1 Å². The molecule has 1 rings (SSSR count). The number of nitrogens with one attached hydrogen (secondary N) is 2. The molecule has 0 heterocycles. The van der Waals surface area contributed by atoms with Gasteiger partial charge < -0.3 is 15.4 Å². The van der Waals surface area contributed by atoms with Crippen LogP contribution >= 0.6 is 0 Å². The minimum Gasteiger partial charge on any atom is -0.379 e. The van der Waals surface area contributed by atoms with E-state index in [0.717, 1.165) is 18.4 Å². The topological polar surface area (TPSA) is 102 Å². The maximum Gasteiger partial charge on any atom is 0.226 e. The van der Waals surface area contributed by atoms with Gasteiger partial charge in [-0.05, 0) is 37.5 Å². The third-order valence-corrected chi connectivity index (χ3v) is 5.43. The summed E-state index contributed by atoms with van der Waals surface area (Å²) in [6.07, 6.45) is 10.0. The number of Topliss-reactive ketones (excluding diaryl/α,β-unsaturated/α-hetero) is 2. The first-order chi connectivity index (χ1) is 16.4. The van der Waals surface area contributed by atoms with Crippen LogP contribution in [-0.4, -0.2) is 43.1 Å². The normalized spacial score (nSPS) is 10.6. The molecule has 2 amide bonds. The molecule has 1 aromatic carbocycles. The monoisotopic (exact) mass is 474 g/mol. The zero-order chi connectivity index (χ0) is 25.0.